The molecular formula is C10H17N3O4. The van der Waals surface area contributed by atoms with Crippen LogP contribution in [-0.4, -0.2) is 53.1 Å². The van der Waals surface area contributed by atoms with E-state index in [-0.39, 0.29) is 5.91 Å². The van der Waals surface area contributed by atoms with Gasteiger partial charge in [0.05, 0.1) is 0 Å². The number of carboxylic acids is 1. The molecule has 0 saturated carbocycles. The smallest absolute Gasteiger partial charge is 0.325 e. The summed E-state index contributed by atoms with van der Waals surface area (Å²) in [5.41, 5.74) is 0. The minimum Gasteiger partial charge on any atom is -0.480 e. The summed E-state index contributed by atoms with van der Waals surface area (Å²) in [6.07, 6.45) is 0.501. The predicted molar refractivity (Wildman–Crippen MR) is 59.4 cm³/mol. The van der Waals surface area contributed by atoms with Crippen LogP contribution >= 0.6 is 0 Å². The fourth-order valence-corrected chi connectivity index (χ4v) is 1.69. The quantitative estimate of drug-likeness (QED) is 0.615. The summed E-state index contributed by atoms with van der Waals surface area (Å²) in [4.78, 5) is 35.3. The molecule has 2 atom stereocenters. The monoisotopic (exact) mass is 243 g/mol. The Hall–Kier alpha value is -1.79. The topological polar surface area (TPSA) is 98.7 Å². The largest absolute Gasteiger partial charge is 0.480 e. The molecule has 1 heterocycles. The lowest BCUT2D eigenvalue weighted by Crippen LogP contribution is -2.60. The van der Waals surface area contributed by atoms with Crippen LogP contribution in [0.1, 0.15) is 20.3 Å². The van der Waals surface area contributed by atoms with Gasteiger partial charge in [-0.3, -0.25) is 9.59 Å². The molecule has 3 N–H and O–H groups in total. The van der Waals surface area contributed by atoms with Crippen LogP contribution in [0.25, 0.3) is 0 Å². The number of carbonyl (C=O) groups is 3. The Bertz CT molecular complexity index is 332. The van der Waals surface area contributed by atoms with Crippen molar-refractivity contribution in [3.63, 3.8) is 0 Å². The van der Waals surface area contributed by atoms with E-state index < -0.39 is 24.1 Å². The molecule has 0 aromatic carbocycles. The minimum absolute atomic E-state index is 0.197. The maximum atomic E-state index is 11.8. The van der Waals surface area contributed by atoms with Crippen LogP contribution in [0.4, 0.5) is 4.79 Å². The molecule has 1 aliphatic rings. The van der Waals surface area contributed by atoms with Crippen molar-refractivity contribution in [3.05, 3.63) is 0 Å². The van der Waals surface area contributed by atoms with E-state index in [1.54, 1.807) is 6.92 Å². The summed E-state index contributed by atoms with van der Waals surface area (Å²) in [5, 5.41) is 13.7. The van der Waals surface area contributed by atoms with Crippen molar-refractivity contribution < 1.29 is 19.5 Å². The molecule has 1 fully saturated rings. The molecule has 0 bridgehead atoms. The number of urea groups is 1. The Morgan fingerprint density at radius 1 is 1.65 bits per heavy atom. The van der Waals surface area contributed by atoms with Crippen LogP contribution in [0.15, 0.2) is 0 Å². The minimum atomic E-state index is -1.10. The first-order valence-corrected chi connectivity index (χ1v) is 5.55. The molecule has 0 spiro atoms. The lowest BCUT2D eigenvalue weighted by molar-refractivity contribution is -0.138. The highest BCUT2D eigenvalue weighted by Crippen LogP contribution is 2.08. The number of nitrogens with one attached hydrogen (secondary N) is 2. The highest BCUT2D eigenvalue weighted by molar-refractivity contribution is 5.89. The first kappa shape index (κ1) is 13.3. The van der Waals surface area contributed by atoms with Crippen molar-refractivity contribution >= 4 is 17.9 Å². The summed E-state index contributed by atoms with van der Waals surface area (Å²) in [6, 6.07) is -2.00. The van der Waals surface area contributed by atoms with Crippen molar-refractivity contribution in [2.24, 2.45) is 0 Å². The van der Waals surface area contributed by atoms with Gasteiger partial charge in [-0.25, -0.2) is 4.79 Å². The van der Waals surface area contributed by atoms with E-state index in [0.29, 0.717) is 19.5 Å². The fraction of sp³-hybridized carbons (Fsp3) is 0.700. The Morgan fingerprint density at radius 2 is 2.29 bits per heavy atom. The summed E-state index contributed by atoms with van der Waals surface area (Å²) in [5.74, 6) is -1.30. The average molecular weight is 243 g/mol. The number of amides is 3. The first-order chi connectivity index (χ1) is 7.97. The number of carboxylic acid groups (broad SMARTS) is 1. The normalized spacial score (nSPS) is 21.6. The molecule has 0 aliphatic carbocycles. The van der Waals surface area contributed by atoms with E-state index >= 15 is 0 Å². The lowest BCUT2D eigenvalue weighted by Gasteiger charge is -2.34. The fourth-order valence-electron chi connectivity index (χ4n) is 1.69. The molecular weight excluding hydrogens is 226 g/mol. The summed E-state index contributed by atoms with van der Waals surface area (Å²) in [6.45, 7) is 3.97. The third-order valence-electron chi connectivity index (χ3n) is 2.69. The van der Waals surface area contributed by atoms with Crippen molar-refractivity contribution in [3.8, 4) is 0 Å². The molecule has 96 valence electrons. The number of hydrogen-bond donors (Lipinski definition) is 3. The van der Waals surface area contributed by atoms with Crippen LogP contribution in [0.2, 0.25) is 0 Å². The highest BCUT2D eigenvalue weighted by atomic mass is 16.4. The number of rotatable bonds is 3. The molecule has 7 heteroatoms. The average Bonchev–Trinajstić information content (AvgIpc) is 2.28. The van der Waals surface area contributed by atoms with Gasteiger partial charge >= 0.3 is 12.0 Å². The van der Waals surface area contributed by atoms with Gasteiger partial charge in [-0.1, -0.05) is 6.92 Å². The SMILES string of the molecule is CCC1C(=O)NCCN1C(=O)N[C@H](C)C(=O)O. The summed E-state index contributed by atoms with van der Waals surface area (Å²) in [7, 11) is 0. The first-order valence-electron chi connectivity index (χ1n) is 5.55. The van der Waals surface area contributed by atoms with Crippen LogP contribution in [0.5, 0.6) is 0 Å². The molecule has 0 aromatic heterocycles. The van der Waals surface area contributed by atoms with E-state index in [2.05, 4.69) is 10.6 Å². The molecule has 1 saturated heterocycles. The van der Waals surface area contributed by atoms with Gasteiger partial charge in [0.15, 0.2) is 0 Å². The summed E-state index contributed by atoms with van der Waals surface area (Å²) >= 11 is 0. The second-order valence-corrected chi connectivity index (χ2v) is 3.92. The molecule has 1 rings (SSSR count). The van der Waals surface area contributed by atoms with E-state index in [4.69, 9.17) is 5.11 Å². The summed E-state index contributed by atoms with van der Waals surface area (Å²) < 4.78 is 0. The zero-order valence-electron chi connectivity index (χ0n) is 9.90. The number of aliphatic carboxylic acids is 1. The Balaban J connectivity index is 2.66. The Labute approximate surface area is 99.2 Å². The van der Waals surface area contributed by atoms with Gasteiger partial charge in [0, 0.05) is 13.1 Å². The second-order valence-electron chi connectivity index (χ2n) is 3.92. The third-order valence-corrected chi connectivity index (χ3v) is 2.69. The maximum Gasteiger partial charge on any atom is 0.325 e. The van der Waals surface area contributed by atoms with E-state index in [1.165, 1.54) is 11.8 Å². The number of hydrogen-bond acceptors (Lipinski definition) is 3. The zero-order chi connectivity index (χ0) is 13.0. The highest BCUT2D eigenvalue weighted by Gasteiger charge is 2.32. The Kier molecular flexibility index (Phi) is 4.30. The van der Waals surface area contributed by atoms with E-state index in [1.807, 2.05) is 0 Å². The van der Waals surface area contributed by atoms with Gasteiger partial charge < -0.3 is 20.6 Å². The van der Waals surface area contributed by atoms with Crippen LogP contribution in [-0.2, 0) is 9.59 Å². The maximum absolute atomic E-state index is 11.8. The lowest BCUT2D eigenvalue weighted by atomic mass is 10.1. The second kappa shape index (κ2) is 5.51. The molecule has 3 amide bonds. The Morgan fingerprint density at radius 3 is 2.82 bits per heavy atom. The van der Waals surface area contributed by atoms with Gasteiger partial charge in [-0.2, -0.15) is 0 Å². The number of piperazine rings is 1. The van der Waals surface area contributed by atoms with Crippen molar-refractivity contribution in [2.45, 2.75) is 32.4 Å². The van der Waals surface area contributed by atoms with Crippen molar-refractivity contribution in [2.75, 3.05) is 13.1 Å². The van der Waals surface area contributed by atoms with Gasteiger partial charge in [-0.05, 0) is 13.3 Å². The predicted octanol–water partition coefficient (Wildman–Crippen LogP) is -0.620. The van der Waals surface area contributed by atoms with Gasteiger partial charge in [0.1, 0.15) is 12.1 Å². The van der Waals surface area contributed by atoms with Crippen molar-refractivity contribution in [1.29, 1.82) is 0 Å². The van der Waals surface area contributed by atoms with Gasteiger partial charge in [0.2, 0.25) is 5.91 Å². The third kappa shape index (κ3) is 3.08. The standard InChI is InChI=1S/C10H17N3O4/c1-3-7-8(14)11-4-5-13(7)10(17)12-6(2)9(15)16/h6-7H,3-5H2,1-2H3,(H,11,14)(H,12,17)(H,15,16)/t6-,7?/m1/s1. The van der Waals surface area contributed by atoms with Crippen LogP contribution < -0.4 is 10.6 Å². The number of nitrogens with zero attached hydrogens (tertiary/aromatic N) is 1. The van der Waals surface area contributed by atoms with Gasteiger partial charge in [0.25, 0.3) is 0 Å². The van der Waals surface area contributed by atoms with Crippen LogP contribution in [0.3, 0.4) is 0 Å². The zero-order valence-corrected chi connectivity index (χ0v) is 9.90. The molecule has 1 unspecified atom stereocenters. The van der Waals surface area contributed by atoms with Gasteiger partial charge in [-0.15, -0.1) is 0 Å². The molecule has 1 aliphatic heterocycles. The molecule has 0 aromatic rings. The molecule has 17 heavy (non-hydrogen) atoms. The van der Waals surface area contributed by atoms with Crippen LogP contribution in [0, 0.1) is 0 Å². The molecule has 7 nitrogen and oxygen atoms in total. The van der Waals surface area contributed by atoms with Crippen molar-refractivity contribution in [1.82, 2.24) is 15.5 Å². The van der Waals surface area contributed by atoms with E-state index in [9.17, 15) is 14.4 Å². The number of carbonyl (C=O) groups excluding carboxylic acids is 2. The molecule has 0 radical (unpaired) electrons. The van der Waals surface area contributed by atoms with E-state index in [0.717, 1.165) is 0 Å².